The first-order chi connectivity index (χ1) is 9.01. The molecule has 0 saturated heterocycles. The molecule has 1 unspecified atom stereocenters. The average molecular weight is 256 g/mol. The molecule has 0 radical (unpaired) electrons. The summed E-state index contributed by atoms with van der Waals surface area (Å²) in [5, 5.41) is 0. The van der Waals surface area contributed by atoms with Crippen molar-refractivity contribution >= 4 is 0 Å². The number of aromatic nitrogens is 1. The number of hydrogen-bond donors (Lipinski definition) is 1. The summed E-state index contributed by atoms with van der Waals surface area (Å²) in [5.41, 5.74) is 11.7. The smallest absolute Gasteiger partial charge is 0.119 e. The summed E-state index contributed by atoms with van der Waals surface area (Å²) in [6.45, 7) is 6.03. The van der Waals surface area contributed by atoms with Gasteiger partial charge in [0.15, 0.2) is 0 Å². The summed E-state index contributed by atoms with van der Waals surface area (Å²) < 4.78 is 5.22. The van der Waals surface area contributed by atoms with Crippen molar-refractivity contribution in [3.05, 3.63) is 58.4 Å². The maximum atomic E-state index is 6.38. The Bertz CT molecular complexity index is 573. The Kier molecular flexibility index (Phi) is 3.86. The van der Waals surface area contributed by atoms with Gasteiger partial charge < -0.3 is 10.5 Å². The Morgan fingerprint density at radius 3 is 2.21 bits per heavy atom. The number of rotatable bonds is 3. The number of methoxy groups -OCH3 is 1. The third-order valence-corrected chi connectivity index (χ3v) is 3.27. The second kappa shape index (κ2) is 5.41. The number of benzene rings is 1. The Morgan fingerprint density at radius 1 is 1.05 bits per heavy atom. The molecule has 100 valence electrons. The van der Waals surface area contributed by atoms with Crippen molar-refractivity contribution in [1.29, 1.82) is 0 Å². The van der Waals surface area contributed by atoms with Gasteiger partial charge >= 0.3 is 0 Å². The van der Waals surface area contributed by atoms with E-state index in [1.54, 1.807) is 7.11 Å². The summed E-state index contributed by atoms with van der Waals surface area (Å²) in [4.78, 5) is 4.38. The van der Waals surface area contributed by atoms with Gasteiger partial charge in [-0.15, -0.1) is 0 Å². The van der Waals surface area contributed by atoms with E-state index in [0.29, 0.717) is 0 Å². The van der Waals surface area contributed by atoms with Gasteiger partial charge in [-0.05, 0) is 61.7 Å². The van der Waals surface area contributed by atoms with Crippen LogP contribution in [0.3, 0.4) is 0 Å². The molecule has 19 heavy (non-hydrogen) atoms. The van der Waals surface area contributed by atoms with Crippen molar-refractivity contribution in [3.63, 3.8) is 0 Å². The molecular formula is C16H20N2O. The molecule has 0 fully saturated rings. The molecule has 1 atom stereocenters. The molecule has 1 aromatic carbocycles. The van der Waals surface area contributed by atoms with Crippen LogP contribution in [0, 0.1) is 20.8 Å². The van der Waals surface area contributed by atoms with E-state index in [1.165, 1.54) is 0 Å². The number of aryl methyl sites for hydroxylation is 3. The van der Waals surface area contributed by atoms with Gasteiger partial charge in [-0.2, -0.15) is 0 Å². The molecular weight excluding hydrogens is 236 g/mol. The maximum Gasteiger partial charge on any atom is 0.119 e. The molecule has 0 amide bonds. The Morgan fingerprint density at radius 2 is 1.68 bits per heavy atom. The molecule has 2 N–H and O–H groups in total. The lowest BCUT2D eigenvalue weighted by molar-refractivity contribution is 0.414. The number of ether oxygens (including phenoxy) is 1. The normalized spacial score (nSPS) is 12.3. The van der Waals surface area contributed by atoms with Gasteiger partial charge in [-0.1, -0.05) is 6.07 Å². The monoisotopic (exact) mass is 256 g/mol. The zero-order valence-electron chi connectivity index (χ0n) is 11.9. The van der Waals surface area contributed by atoms with Gasteiger partial charge in [-0.25, -0.2) is 0 Å². The Balaban J connectivity index is 2.40. The highest BCUT2D eigenvalue weighted by molar-refractivity contribution is 5.41. The van der Waals surface area contributed by atoms with Crippen molar-refractivity contribution < 1.29 is 4.74 Å². The van der Waals surface area contributed by atoms with E-state index in [4.69, 9.17) is 10.5 Å². The van der Waals surface area contributed by atoms with Crippen molar-refractivity contribution in [2.75, 3.05) is 7.11 Å². The summed E-state index contributed by atoms with van der Waals surface area (Å²) in [6, 6.07) is 9.94. The highest BCUT2D eigenvalue weighted by Crippen LogP contribution is 2.26. The van der Waals surface area contributed by atoms with Crippen LogP contribution in [0.2, 0.25) is 0 Å². The molecule has 0 spiro atoms. The first kappa shape index (κ1) is 13.6. The summed E-state index contributed by atoms with van der Waals surface area (Å²) in [5.74, 6) is 0.857. The van der Waals surface area contributed by atoms with E-state index in [-0.39, 0.29) is 6.04 Å². The van der Waals surface area contributed by atoms with Crippen molar-refractivity contribution in [2.24, 2.45) is 5.73 Å². The van der Waals surface area contributed by atoms with Crippen LogP contribution >= 0.6 is 0 Å². The molecule has 3 nitrogen and oxygen atoms in total. The lowest BCUT2D eigenvalue weighted by Gasteiger charge is -2.17. The van der Waals surface area contributed by atoms with Crippen LogP contribution in [0.5, 0.6) is 5.75 Å². The topological polar surface area (TPSA) is 48.1 Å². The van der Waals surface area contributed by atoms with E-state index in [1.807, 2.05) is 44.2 Å². The summed E-state index contributed by atoms with van der Waals surface area (Å²) >= 11 is 0. The van der Waals surface area contributed by atoms with Crippen LogP contribution in [0.1, 0.15) is 34.1 Å². The van der Waals surface area contributed by atoms with E-state index < -0.39 is 0 Å². The number of nitrogens with zero attached hydrogens (tertiary/aromatic N) is 1. The van der Waals surface area contributed by atoms with Crippen LogP contribution in [-0.2, 0) is 0 Å². The third-order valence-electron chi connectivity index (χ3n) is 3.27. The van der Waals surface area contributed by atoms with Crippen molar-refractivity contribution in [2.45, 2.75) is 26.8 Å². The summed E-state index contributed by atoms with van der Waals surface area (Å²) in [7, 11) is 1.67. The first-order valence-corrected chi connectivity index (χ1v) is 6.36. The molecule has 2 rings (SSSR count). The van der Waals surface area contributed by atoms with Gasteiger partial charge in [0.05, 0.1) is 13.2 Å². The minimum Gasteiger partial charge on any atom is -0.497 e. The molecule has 0 bridgehead atoms. The average Bonchev–Trinajstić information content (AvgIpc) is 2.36. The molecule has 3 heteroatoms. The highest BCUT2D eigenvalue weighted by atomic mass is 16.5. The second-order valence-corrected chi connectivity index (χ2v) is 4.88. The lowest BCUT2D eigenvalue weighted by atomic mass is 9.95. The van der Waals surface area contributed by atoms with E-state index >= 15 is 0 Å². The standard InChI is InChI=1S/C16H20N2O/c1-10-7-14(19-4)5-6-15(10)16(17)13-8-11(2)18-12(3)9-13/h5-9,16H,17H2,1-4H3. The van der Waals surface area contributed by atoms with Crippen molar-refractivity contribution in [1.82, 2.24) is 4.98 Å². The fraction of sp³-hybridized carbons (Fsp3) is 0.312. The van der Waals surface area contributed by atoms with Gasteiger partial charge in [0.1, 0.15) is 5.75 Å². The van der Waals surface area contributed by atoms with E-state index in [9.17, 15) is 0 Å². The number of pyridine rings is 1. The largest absolute Gasteiger partial charge is 0.497 e. The maximum absolute atomic E-state index is 6.38. The fourth-order valence-electron chi connectivity index (χ4n) is 2.35. The minimum atomic E-state index is -0.133. The Hall–Kier alpha value is -1.87. The van der Waals surface area contributed by atoms with Crippen LogP contribution in [0.4, 0.5) is 0 Å². The minimum absolute atomic E-state index is 0.133. The molecule has 0 aliphatic rings. The predicted octanol–water partition coefficient (Wildman–Crippen LogP) is 3.06. The Labute approximate surface area is 114 Å². The fourth-order valence-corrected chi connectivity index (χ4v) is 2.35. The van der Waals surface area contributed by atoms with Crippen molar-refractivity contribution in [3.8, 4) is 5.75 Å². The third kappa shape index (κ3) is 2.93. The molecule has 0 aliphatic heterocycles. The van der Waals surface area contributed by atoms with Crippen LogP contribution < -0.4 is 10.5 Å². The van der Waals surface area contributed by atoms with E-state index in [2.05, 4.69) is 11.9 Å². The molecule has 1 aromatic heterocycles. The first-order valence-electron chi connectivity index (χ1n) is 6.36. The van der Waals surface area contributed by atoms with Gasteiger partial charge in [0, 0.05) is 11.4 Å². The zero-order valence-corrected chi connectivity index (χ0v) is 11.9. The molecule has 2 aromatic rings. The van der Waals surface area contributed by atoms with Crippen LogP contribution in [0.25, 0.3) is 0 Å². The SMILES string of the molecule is COc1ccc(C(N)c2cc(C)nc(C)c2)c(C)c1. The number of hydrogen-bond acceptors (Lipinski definition) is 3. The molecule has 0 aliphatic carbocycles. The summed E-state index contributed by atoms with van der Waals surface area (Å²) in [6.07, 6.45) is 0. The second-order valence-electron chi connectivity index (χ2n) is 4.88. The van der Waals surface area contributed by atoms with Gasteiger partial charge in [0.2, 0.25) is 0 Å². The molecule has 0 saturated carbocycles. The van der Waals surface area contributed by atoms with E-state index in [0.717, 1.165) is 33.8 Å². The predicted molar refractivity (Wildman–Crippen MR) is 77.5 cm³/mol. The quantitative estimate of drug-likeness (QED) is 0.918. The highest BCUT2D eigenvalue weighted by Gasteiger charge is 2.13. The molecule has 1 heterocycles. The van der Waals surface area contributed by atoms with Gasteiger partial charge in [0.25, 0.3) is 0 Å². The van der Waals surface area contributed by atoms with Gasteiger partial charge in [-0.3, -0.25) is 4.98 Å². The number of nitrogens with two attached hydrogens (primary N) is 1. The lowest BCUT2D eigenvalue weighted by Crippen LogP contribution is -2.14. The van der Waals surface area contributed by atoms with Crippen LogP contribution in [-0.4, -0.2) is 12.1 Å². The van der Waals surface area contributed by atoms with Crippen LogP contribution in [0.15, 0.2) is 30.3 Å². The zero-order chi connectivity index (χ0) is 14.0.